The Kier molecular flexibility index (Phi) is 4.39. The van der Waals surface area contributed by atoms with E-state index < -0.39 is 0 Å². The molecule has 4 aromatic rings. The lowest BCUT2D eigenvalue weighted by Crippen LogP contribution is -2.26. The largest absolute Gasteiger partial charge is 0.345 e. The average molecular weight is 384 g/mol. The Balaban J connectivity index is 1.61. The summed E-state index contributed by atoms with van der Waals surface area (Å²) >= 11 is 7.54. The van der Waals surface area contributed by atoms with Crippen LogP contribution in [0.15, 0.2) is 60.7 Å². The van der Waals surface area contributed by atoms with Gasteiger partial charge in [-0.05, 0) is 47.5 Å². The molecule has 0 saturated heterocycles. The topological polar surface area (TPSA) is 29.1 Å². The SMILES string of the molecule is CC(NC(=O)c1sc2cc(F)ccc2c1Cl)c1ccc2ccccc2c1. The summed E-state index contributed by atoms with van der Waals surface area (Å²) in [6.07, 6.45) is 0. The van der Waals surface area contributed by atoms with Crippen molar-refractivity contribution >= 4 is 49.7 Å². The van der Waals surface area contributed by atoms with Crippen LogP contribution < -0.4 is 5.32 Å². The fourth-order valence-corrected chi connectivity index (χ4v) is 4.45. The molecule has 1 N–H and O–H groups in total. The second kappa shape index (κ2) is 6.71. The molecule has 1 heterocycles. The highest BCUT2D eigenvalue weighted by atomic mass is 35.5. The van der Waals surface area contributed by atoms with Crippen molar-refractivity contribution in [3.63, 3.8) is 0 Å². The molecule has 2 nitrogen and oxygen atoms in total. The van der Waals surface area contributed by atoms with E-state index in [1.54, 1.807) is 6.07 Å². The van der Waals surface area contributed by atoms with Crippen LogP contribution in [0.1, 0.15) is 28.2 Å². The fourth-order valence-electron chi connectivity index (χ4n) is 3.01. The van der Waals surface area contributed by atoms with E-state index in [0.29, 0.717) is 20.0 Å². The zero-order valence-electron chi connectivity index (χ0n) is 13.9. The Morgan fingerprint density at radius 1 is 1.08 bits per heavy atom. The van der Waals surface area contributed by atoms with Crippen molar-refractivity contribution in [3.05, 3.63) is 81.9 Å². The van der Waals surface area contributed by atoms with Gasteiger partial charge in [0.1, 0.15) is 10.7 Å². The third-order valence-corrected chi connectivity index (χ3v) is 6.07. The molecule has 0 fully saturated rings. The first-order valence-electron chi connectivity index (χ1n) is 8.20. The van der Waals surface area contributed by atoms with Crippen LogP contribution in [0, 0.1) is 5.82 Å². The lowest BCUT2D eigenvalue weighted by atomic mass is 10.0. The Morgan fingerprint density at radius 2 is 1.85 bits per heavy atom. The number of nitrogens with one attached hydrogen (secondary N) is 1. The molecule has 1 amide bonds. The lowest BCUT2D eigenvalue weighted by molar-refractivity contribution is 0.0944. The van der Waals surface area contributed by atoms with Crippen LogP contribution in [0.4, 0.5) is 4.39 Å². The summed E-state index contributed by atoms with van der Waals surface area (Å²) in [5.74, 6) is -0.593. The summed E-state index contributed by atoms with van der Waals surface area (Å²) in [6.45, 7) is 1.93. The molecule has 0 saturated carbocycles. The zero-order chi connectivity index (χ0) is 18.3. The van der Waals surface area contributed by atoms with Crippen LogP contribution in [-0.4, -0.2) is 5.91 Å². The van der Waals surface area contributed by atoms with Gasteiger partial charge in [0.15, 0.2) is 0 Å². The van der Waals surface area contributed by atoms with Gasteiger partial charge in [0, 0.05) is 10.1 Å². The number of thiophene rings is 1. The minimum atomic E-state index is -0.341. The first kappa shape index (κ1) is 17.0. The molecule has 4 rings (SSSR count). The number of carbonyl (C=O) groups is 1. The Bertz CT molecular complexity index is 1140. The predicted molar refractivity (Wildman–Crippen MR) is 107 cm³/mol. The summed E-state index contributed by atoms with van der Waals surface area (Å²) < 4.78 is 14.1. The lowest BCUT2D eigenvalue weighted by Gasteiger charge is -2.14. The van der Waals surface area contributed by atoms with E-state index in [0.717, 1.165) is 16.3 Å². The Morgan fingerprint density at radius 3 is 2.65 bits per heavy atom. The maximum atomic E-state index is 13.4. The highest BCUT2D eigenvalue weighted by Gasteiger charge is 2.19. The van der Waals surface area contributed by atoms with Gasteiger partial charge in [0.2, 0.25) is 0 Å². The Hall–Kier alpha value is -2.43. The highest BCUT2D eigenvalue weighted by molar-refractivity contribution is 7.21. The minimum absolute atomic E-state index is 0.176. The van der Waals surface area contributed by atoms with Crippen molar-refractivity contribution in [2.75, 3.05) is 0 Å². The standard InChI is InChI=1S/C21H15ClFNOS/c1-12(14-7-6-13-4-2-3-5-15(13)10-14)24-21(25)20-19(22)17-9-8-16(23)11-18(17)26-20/h2-12H,1H3,(H,24,25). The fraction of sp³-hybridized carbons (Fsp3) is 0.0952. The number of hydrogen-bond donors (Lipinski definition) is 1. The normalized spacial score (nSPS) is 12.4. The number of hydrogen-bond acceptors (Lipinski definition) is 2. The molecule has 3 aromatic carbocycles. The molecule has 0 radical (unpaired) electrons. The van der Waals surface area contributed by atoms with E-state index in [-0.39, 0.29) is 17.8 Å². The molecular weight excluding hydrogens is 369 g/mol. The van der Waals surface area contributed by atoms with Crippen LogP contribution in [-0.2, 0) is 0 Å². The number of benzene rings is 3. The van der Waals surface area contributed by atoms with E-state index in [4.69, 9.17) is 11.6 Å². The van der Waals surface area contributed by atoms with Crippen molar-refractivity contribution in [3.8, 4) is 0 Å². The van der Waals surface area contributed by atoms with Crippen molar-refractivity contribution in [2.45, 2.75) is 13.0 Å². The molecule has 1 atom stereocenters. The number of amides is 1. The van der Waals surface area contributed by atoms with Crippen LogP contribution in [0.5, 0.6) is 0 Å². The van der Waals surface area contributed by atoms with Crippen molar-refractivity contribution in [1.29, 1.82) is 0 Å². The third kappa shape index (κ3) is 3.06. The quantitative estimate of drug-likeness (QED) is 0.439. The van der Waals surface area contributed by atoms with E-state index in [1.807, 2.05) is 37.3 Å². The van der Waals surface area contributed by atoms with E-state index in [1.165, 1.54) is 23.5 Å². The van der Waals surface area contributed by atoms with Gasteiger partial charge in [0.05, 0.1) is 11.1 Å². The third-order valence-electron chi connectivity index (χ3n) is 4.42. The second-order valence-corrected chi connectivity index (χ2v) is 7.62. The monoisotopic (exact) mass is 383 g/mol. The average Bonchev–Trinajstić information content (AvgIpc) is 2.97. The van der Waals surface area contributed by atoms with Crippen LogP contribution >= 0.6 is 22.9 Å². The molecule has 0 bridgehead atoms. The summed E-state index contributed by atoms with van der Waals surface area (Å²) in [5.41, 5.74) is 1.01. The molecule has 0 aliphatic rings. The van der Waals surface area contributed by atoms with Crippen molar-refractivity contribution in [1.82, 2.24) is 5.32 Å². The van der Waals surface area contributed by atoms with Gasteiger partial charge in [-0.2, -0.15) is 0 Å². The molecular formula is C21H15ClFNOS. The number of carbonyl (C=O) groups excluding carboxylic acids is 1. The maximum Gasteiger partial charge on any atom is 0.263 e. The molecule has 1 aromatic heterocycles. The van der Waals surface area contributed by atoms with Gasteiger partial charge in [-0.15, -0.1) is 11.3 Å². The van der Waals surface area contributed by atoms with Crippen LogP contribution in [0.25, 0.3) is 20.9 Å². The number of halogens is 2. The second-order valence-electron chi connectivity index (χ2n) is 6.19. The number of rotatable bonds is 3. The first-order valence-corrected chi connectivity index (χ1v) is 9.39. The highest BCUT2D eigenvalue weighted by Crippen LogP contribution is 2.36. The maximum absolute atomic E-state index is 13.4. The molecule has 130 valence electrons. The molecule has 0 spiro atoms. The molecule has 0 aliphatic carbocycles. The van der Waals surface area contributed by atoms with Gasteiger partial charge >= 0.3 is 0 Å². The number of fused-ring (bicyclic) bond motifs is 2. The first-order chi connectivity index (χ1) is 12.5. The van der Waals surface area contributed by atoms with Gasteiger partial charge in [-0.3, -0.25) is 4.79 Å². The summed E-state index contributed by atoms with van der Waals surface area (Å²) in [6, 6.07) is 18.4. The van der Waals surface area contributed by atoms with Gasteiger partial charge in [-0.25, -0.2) is 4.39 Å². The molecule has 0 aliphatic heterocycles. The van der Waals surface area contributed by atoms with Crippen LogP contribution in [0.3, 0.4) is 0 Å². The van der Waals surface area contributed by atoms with Gasteiger partial charge < -0.3 is 5.32 Å². The summed E-state index contributed by atoms with van der Waals surface area (Å²) in [5, 5.41) is 6.33. The molecule has 1 unspecified atom stereocenters. The molecule has 26 heavy (non-hydrogen) atoms. The predicted octanol–water partition coefficient (Wildman–Crippen LogP) is 6.34. The Labute approximate surface area is 159 Å². The summed E-state index contributed by atoms with van der Waals surface area (Å²) in [4.78, 5) is 13.1. The van der Waals surface area contributed by atoms with E-state index in [9.17, 15) is 9.18 Å². The zero-order valence-corrected chi connectivity index (χ0v) is 15.5. The van der Waals surface area contributed by atoms with E-state index in [2.05, 4.69) is 17.4 Å². The van der Waals surface area contributed by atoms with E-state index >= 15 is 0 Å². The van der Waals surface area contributed by atoms with Gasteiger partial charge in [0.25, 0.3) is 5.91 Å². The molecule has 5 heteroatoms. The van der Waals surface area contributed by atoms with Crippen molar-refractivity contribution < 1.29 is 9.18 Å². The van der Waals surface area contributed by atoms with Gasteiger partial charge in [-0.1, -0.05) is 48.0 Å². The minimum Gasteiger partial charge on any atom is -0.345 e. The van der Waals surface area contributed by atoms with Crippen molar-refractivity contribution in [2.24, 2.45) is 0 Å². The summed E-state index contributed by atoms with van der Waals surface area (Å²) in [7, 11) is 0. The van der Waals surface area contributed by atoms with Crippen LogP contribution in [0.2, 0.25) is 5.02 Å². The smallest absolute Gasteiger partial charge is 0.263 e.